The van der Waals surface area contributed by atoms with Gasteiger partial charge in [-0.05, 0) is 51.3 Å². The van der Waals surface area contributed by atoms with Crippen molar-refractivity contribution in [1.29, 1.82) is 0 Å². The van der Waals surface area contributed by atoms with Gasteiger partial charge in [-0.1, -0.05) is 12.1 Å². The minimum absolute atomic E-state index is 0.0103. The van der Waals surface area contributed by atoms with E-state index in [2.05, 4.69) is 25.7 Å². The van der Waals surface area contributed by atoms with Crippen LogP contribution in [0.2, 0.25) is 0 Å². The Labute approximate surface area is 133 Å². The third-order valence-electron chi connectivity index (χ3n) is 2.95. The van der Waals surface area contributed by atoms with Crippen molar-refractivity contribution in [2.24, 2.45) is 0 Å². The lowest BCUT2D eigenvalue weighted by molar-refractivity contribution is -0.140. The first-order valence-corrected chi connectivity index (χ1v) is 7.00. The molecular formula is C15H11BrF3NO2. The van der Waals surface area contributed by atoms with Crippen LogP contribution in [-0.4, -0.2) is 18.1 Å². The molecule has 22 heavy (non-hydrogen) atoms. The predicted octanol–water partition coefficient (Wildman–Crippen LogP) is 4.25. The largest absolute Gasteiger partial charge is 0.469 e. The van der Waals surface area contributed by atoms with Crippen LogP contribution >= 0.6 is 15.9 Å². The fourth-order valence-corrected chi connectivity index (χ4v) is 2.35. The van der Waals surface area contributed by atoms with Gasteiger partial charge in [-0.15, -0.1) is 0 Å². The number of esters is 1. The number of hydrogen-bond acceptors (Lipinski definition) is 3. The summed E-state index contributed by atoms with van der Waals surface area (Å²) in [5, 5.41) is 0. The fraction of sp³-hybridized carbons (Fsp3) is 0.200. The minimum atomic E-state index is -4.37. The summed E-state index contributed by atoms with van der Waals surface area (Å²) in [6.45, 7) is 0. The Balaban J connectivity index is 2.34. The minimum Gasteiger partial charge on any atom is -0.469 e. The number of carbonyl (C=O) groups is 1. The average molecular weight is 374 g/mol. The van der Waals surface area contributed by atoms with Crippen molar-refractivity contribution in [1.82, 2.24) is 4.98 Å². The van der Waals surface area contributed by atoms with Crippen molar-refractivity contribution in [2.75, 3.05) is 7.11 Å². The Morgan fingerprint density at radius 2 is 1.82 bits per heavy atom. The van der Waals surface area contributed by atoms with Crippen LogP contribution in [0.3, 0.4) is 0 Å². The number of hydrogen-bond donors (Lipinski definition) is 0. The smallest absolute Gasteiger partial charge is 0.416 e. The highest BCUT2D eigenvalue weighted by Gasteiger charge is 2.29. The maximum absolute atomic E-state index is 12.6. The monoisotopic (exact) mass is 373 g/mol. The Kier molecular flexibility index (Phi) is 4.85. The first-order chi connectivity index (χ1) is 10.3. The molecule has 0 saturated heterocycles. The molecule has 7 heteroatoms. The van der Waals surface area contributed by atoms with Crippen LogP contribution in [0.15, 0.2) is 41.0 Å². The van der Waals surface area contributed by atoms with Gasteiger partial charge in [-0.25, -0.2) is 4.98 Å². The summed E-state index contributed by atoms with van der Waals surface area (Å²) in [6, 6.07) is 8.11. The molecule has 0 spiro atoms. The molecule has 0 bridgehead atoms. The third kappa shape index (κ3) is 4.07. The second kappa shape index (κ2) is 6.48. The van der Waals surface area contributed by atoms with E-state index in [1.54, 1.807) is 12.1 Å². The van der Waals surface area contributed by atoms with Gasteiger partial charge >= 0.3 is 12.1 Å². The van der Waals surface area contributed by atoms with Gasteiger partial charge in [-0.3, -0.25) is 4.79 Å². The van der Waals surface area contributed by atoms with Gasteiger partial charge in [0, 0.05) is 0 Å². The Morgan fingerprint density at radius 3 is 2.36 bits per heavy atom. The Hall–Kier alpha value is -1.89. The normalized spacial score (nSPS) is 11.3. The summed E-state index contributed by atoms with van der Waals surface area (Å²) in [5.41, 5.74) is 1.02. The summed E-state index contributed by atoms with van der Waals surface area (Å²) in [6.07, 6.45) is -4.38. The van der Waals surface area contributed by atoms with Crippen molar-refractivity contribution in [3.05, 3.63) is 52.3 Å². The molecule has 0 aliphatic rings. The molecule has 2 rings (SSSR count). The first kappa shape index (κ1) is 16.5. The maximum atomic E-state index is 12.6. The molecule has 0 amide bonds. The molecule has 0 radical (unpaired) electrons. The van der Waals surface area contributed by atoms with Gasteiger partial charge in [-0.2, -0.15) is 13.2 Å². The standard InChI is InChI=1S/C15H11BrF3NO2/c1-22-14(21)8-12-6-10(7-13(16)20-12)9-2-4-11(5-3-9)15(17,18)19/h2-7H,8H2,1H3. The van der Waals surface area contributed by atoms with Gasteiger partial charge in [0.15, 0.2) is 0 Å². The summed E-state index contributed by atoms with van der Waals surface area (Å²) in [4.78, 5) is 15.4. The molecule has 0 saturated carbocycles. The molecule has 1 aromatic carbocycles. The quantitative estimate of drug-likeness (QED) is 0.596. The molecule has 0 aliphatic carbocycles. The number of benzene rings is 1. The van der Waals surface area contributed by atoms with E-state index in [0.717, 1.165) is 12.1 Å². The molecule has 2 aromatic rings. The third-order valence-corrected chi connectivity index (χ3v) is 3.35. The van der Waals surface area contributed by atoms with E-state index in [4.69, 9.17) is 0 Å². The van der Waals surface area contributed by atoms with Crippen LogP contribution < -0.4 is 0 Å². The average Bonchev–Trinajstić information content (AvgIpc) is 2.45. The first-order valence-electron chi connectivity index (χ1n) is 6.20. The van der Waals surface area contributed by atoms with Crippen molar-refractivity contribution in [3.63, 3.8) is 0 Å². The summed E-state index contributed by atoms with van der Waals surface area (Å²) in [7, 11) is 1.27. The summed E-state index contributed by atoms with van der Waals surface area (Å²) >= 11 is 3.23. The molecule has 0 atom stereocenters. The zero-order valence-electron chi connectivity index (χ0n) is 11.4. The van der Waals surface area contributed by atoms with Gasteiger partial charge in [0.1, 0.15) is 4.60 Å². The van der Waals surface area contributed by atoms with E-state index in [1.165, 1.54) is 19.2 Å². The van der Waals surface area contributed by atoms with E-state index < -0.39 is 17.7 Å². The van der Waals surface area contributed by atoms with Crippen LogP contribution in [0, 0.1) is 0 Å². The number of pyridine rings is 1. The van der Waals surface area contributed by atoms with Crippen LogP contribution in [-0.2, 0) is 22.1 Å². The lowest BCUT2D eigenvalue weighted by Crippen LogP contribution is -2.06. The van der Waals surface area contributed by atoms with Gasteiger partial charge in [0.05, 0.1) is 24.8 Å². The number of aromatic nitrogens is 1. The van der Waals surface area contributed by atoms with Crippen LogP contribution in [0.4, 0.5) is 13.2 Å². The topological polar surface area (TPSA) is 39.2 Å². The second-order valence-electron chi connectivity index (χ2n) is 4.50. The number of methoxy groups -OCH3 is 1. The highest BCUT2D eigenvalue weighted by Crippen LogP contribution is 2.31. The molecule has 1 aromatic heterocycles. The summed E-state index contributed by atoms with van der Waals surface area (Å²) in [5.74, 6) is -0.441. The lowest BCUT2D eigenvalue weighted by atomic mass is 10.0. The number of carbonyl (C=O) groups excluding carboxylic acids is 1. The number of rotatable bonds is 3. The van der Waals surface area contributed by atoms with Crippen molar-refractivity contribution in [3.8, 4) is 11.1 Å². The molecule has 3 nitrogen and oxygen atoms in total. The van der Waals surface area contributed by atoms with E-state index in [-0.39, 0.29) is 6.42 Å². The van der Waals surface area contributed by atoms with E-state index >= 15 is 0 Å². The summed E-state index contributed by atoms with van der Waals surface area (Å²) < 4.78 is 42.8. The number of nitrogens with zero attached hydrogens (tertiary/aromatic N) is 1. The molecule has 0 fully saturated rings. The fourth-order valence-electron chi connectivity index (χ4n) is 1.88. The molecule has 0 unspecified atom stereocenters. The van der Waals surface area contributed by atoms with Crippen molar-refractivity contribution in [2.45, 2.75) is 12.6 Å². The predicted molar refractivity (Wildman–Crippen MR) is 78.1 cm³/mol. The number of ether oxygens (including phenoxy) is 1. The number of halogens is 4. The van der Waals surface area contributed by atoms with Crippen LogP contribution in [0.1, 0.15) is 11.3 Å². The molecular weight excluding hydrogens is 363 g/mol. The molecule has 1 heterocycles. The maximum Gasteiger partial charge on any atom is 0.416 e. The van der Waals surface area contributed by atoms with Crippen molar-refractivity contribution >= 4 is 21.9 Å². The van der Waals surface area contributed by atoms with E-state index in [0.29, 0.717) is 21.4 Å². The van der Waals surface area contributed by atoms with Gasteiger partial charge < -0.3 is 4.74 Å². The SMILES string of the molecule is COC(=O)Cc1cc(-c2ccc(C(F)(F)F)cc2)cc(Br)n1. The number of alkyl halides is 3. The van der Waals surface area contributed by atoms with Gasteiger partial charge in [0.25, 0.3) is 0 Å². The second-order valence-corrected chi connectivity index (χ2v) is 5.31. The van der Waals surface area contributed by atoms with Gasteiger partial charge in [0.2, 0.25) is 0 Å². The van der Waals surface area contributed by atoms with Crippen LogP contribution in [0.25, 0.3) is 11.1 Å². The lowest BCUT2D eigenvalue weighted by Gasteiger charge is -2.09. The molecule has 116 valence electrons. The zero-order chi connectivity index (χ0) is 16.3. The highest BCUT2D eigenvalue weighted by atomic mass is 79.9. The zero-order valence-corrected chi connectivity index (χ0v) is 13.0. The Bertz CT molecular complexity index is 684. The van der Waals surface area contributed by atoms with Crippen molar-refractivity contribution < 1.29 is 22.7 Å². The van der Waals surface area contributed by atoms with E-state index in [9.17, 15) is 18.0 Å². The highest BCUT2D eigenvalue weighted by molar-refractivity contribution is 9.10. The molecule has 0 N–H and O–H groups in total. The Morgan fingerprint density at radius 1 is 1.18 bits per heavy atom. The van der Waals surface area contributed by atoms with Crippen LogP contribution in [0.5, 0.6) is 0 Å². The van der Waals surface area contributed by atoms with E-state index in [1.807, 2.05) is 0 Å². The molecule has 0 aliphatic heterocycles.